The van der Waals surface area contributed by atoms with Gasteiger partial charge in [-0.1, -0.05) is 6.42 Å². The van der Waals surface area contributed by atoms with Crippen molar-refractivity contribution in [2.24, 2.45) is 0 Å². The topological polar surface area (TPSA) is 44.0 Å². The van der Waals surface area contributed by atoms with Crippen molar-refractivity contribution in [3.8, 4) is 6.07 Å². The van der Waals surface area contributed by atoms with Crippen molar-refractivity contribution in [3.63, 3.8) is 0 Å². The van der Waals surface area contributed by atoms with Crippen molar-refractivity contribution in [2.75, 3.05) is 0 Å². The number of aliphatic hydroxyl groups is 1. The molecule has 0 radical (unpaired) electrons. The summed E-state index contributed by atoms with van der Waals surface area (Å²) < 4.78 is 0. The molecule has 1 unspecified atom stereocenters. The minimum absolute atomic E-state index is 0.378. The fraction of sp³-hybridized carbons (Fsp3) is 0.625. The van der Waals surface area contributed by atoms with Crippen LogP contribution in [0.3, 0.4) is 0 Å². The van der Waals surface area contributed by atoms with Gasteiger partial charge in [0.15, 0.2) is 0 Å². The van der Waals surface area contributed by atoms with E-state index in [-0.39, 0.29) is 6.10 Å². The zero-order valence-corrected chi connectivity index (χ0v) is 5.88. The molecule has 0 bridgehead atoms. The standard InChI is InChI=1S/C8H11NO/c9-6-7-3-1-2-4-8(10)5-7/h5,8,10H,1-4H2. The third-order valence-corrected chi connectivity index (χ3v) is 1.73. The summed E-state index contributed by atoms with van der Waals surface area (Å²) in [5.74, 6) is 0. The van der Waals surface area contributed by atoms with Crippen molar-refractivity contribution in [3.05, 3.63) is 11.6 Å². The lowest BCUT2D eigenvalue weighted by atomic mass is 10.1. The van der Waals surface area contributed by atoms with E-state index in [1.165, 1.54) is 0 Å². The minimum Gasteiger partial charge on any atom is -0.389 e. The van der Waals surface area contributed by atoms with E-state index in [1.54, 1.807) is 6.08 Å². The molecule has 0 amide bonds. The second-order valence-electron chi connectivity index (χ2n) is 2.62. The zero-order chi connectivity index (χ0) is 7.40. The Kier molecular flexibility index (Phi) is 2.47. The third kappa shape index (κ3) is 1.85. The van der Waals surface area contributed by atoms with Crippen LogP contribution in [-0.2, 0) is 0 Å². The molecule has 1 aliphatic carbocycles. The molecular formula is C8H11NO. The van der Waals surface area contributed by atoms with E-state index in [0.717, 1.165) is 31.3 Å². The monoisotopic (exact) mass is 137 g/mol. The maximum absolute atomic E-state index is 9.16. The first kappa shape index (κ1) is 7.30. The van der Waals surface area contributed by atoms with E-state index in [9.17, 15) is 0 Å². The van der Waals surface area contributed by atoms with Crippen LogP contribution < -0.4 is 0 Å². The quantitative estimate of drug-likeness (QED) is 0.548. The molecule has 0 aromatic rings. The van der Waals surface area contributed by atoms with E-state index in [2.05, 4.69) is 6.07 Å². The number of aliphatic hydroxyl groups excluding tert-OH is 1. The van der Waals surface area contributed by atoms with Gasteiger partial charge in [-0.2, -0.15) is 5.26 Å². The smallest absolute Gasteiger partial charge is 0.0944 e. The lowest BCUT2D eigenvalue weighted by molar-refractivity contribution is 0.211. The van der Waals surface area contributed by atoms with E-state index in [1.807, 2.05) is 0 Å². The maximum atomic E-state index is 9.16. The van der Waals surface area contributed by atoms with Gasteiger partial charge in [0.25, 0.3) is 0 Å². The van der Waals surface area contributed by atoms with Gasteiger partial charge in [-0.3, -0.25) is 0 Å². The molecule has 54 valence electrons. The molecule has 0 fully saturated rings. The molecule has 10 heavy (non-hydrogen) atoms. The Morgan fingerprint density at radius 2 is 2.40 bits per heavy atom. The van der Waals surface area contributed by atoms with E-state index in [0.29, 0.717) is 0 Å². The second-order valence-corrected chi connectivity index (χ2v) is 2.62. The van der Waals surface area contributed by atoms with Crippen LogP contribution in [0.15, 0.2) is 11.6 Å². The molecule has 0 aliphatic heterocycles. The number of allylic oxidation sites excluding steroid dienone is 1. The van der Waals surface area contributed by atoms with Crippen LogP contribution >= 0.6 is 0 Å². The number of rotatable bonds is 0. The fourth-order valence-corrected chi connectivity index (χ4v) is 1.16. The van der Waals surface area contributed by atoms with Gasteiger partial charge in [0, 0.05) is 5.57 Å². The van der Waals surface area contributed by atoms with Crippen LogP contribution in [0, 0.1) is 11.3 Å². The summed E-state index contributed by atoms with van der Waals surface area (Å²) in [6.07, 6.45) is 5.02. The van der Waals surface area contributed by atoms with Gasteiger partial charge in [-0.25, -0.2) is 0 Å². The van der Waals surface area contributed by atoms with Gasteiger partial charge in [-0.15, -0.1) is 0 Å². The molecule has 1 atom stereocenters. The molecular weight excluding hydrogens is 126 g/mol. The van der Waals surface area contributed by atoms with Crippen molar-refractivity contribution in [2.45, 2.75) is 31.8 Å². The van der Waals surface area contributed by atoms with Crippen LogP contribution in [0.5, 0.6) is 0 Å². The number of hydrogen-bond donors (Lipinski definition) is 1. The van der Waals surface area contributed by atoms with Crippen LogP contribution in [0.4, 0.5) is 0 Å². The molecule has 0 saturated carbocycles. The first-order chi connectivity index (χ1) is 4.83. The van der Waals surface area contributed by atoms with Crippen LogP contribution in [0.1, 0.15) is 25.7 Å². The van der Waals surface area contributed by atoms with Crippen molar-refractivity contribution in [1.82, 2.24) is 0 Å². The zero-order valence-electron chi connectivity index (χ0n) is 5.88. The predicted octanol–water partition coefficient (Wildman–Crippen LogP) is 1.37. The van der Waals surface area contributed by atoms with Gasteiger partial charge in [0.05, 0.1) is 12.2 Å². The summed E-state index contributed by atoms with van der Waals surface area (Å²) in [4.78, 5) is 0. The Hall–Kier alpha value is -0.810. The fourth-order valence-electron chi connectivity index (χ4n) is 1.16. The highest BCUT2D eigenvalue weighted by Crippen LogP contribution is 2.16. The molecule has 0 heterocycles. The number of hydrogen-bond acceptors (Lipinski definition) is 2. The summed E-state index contributed by atoms with van der Waals surface area (Å²) >= 11 is 0. The van der Waals surface area contributed by atoms with Gasteiger partial charge in [0.2, 0.25) is 0 Å². The molecule has 0 spiro atoms. The second kappa shape index (κ2) is 3.38. The van der Waals surface area contributed by atoms with Gasteiger partial charge < -0.3 is 5.11 Å². The van der Waals surface area contributed by atoms with Crippen molar-refractivity contribution in [1.29, 1.82) is 5.26 Å². The highest BCUT2D eigenvalue weighted by Gasteiger charge is 2.07. The van der Waals surface area contributed by atoms with E-state index < -0.39 is 0 Å². The normalized spacial score (nSPS) is 26.4. The summed E-state index contributed by atoms with van der Waals surface area (Å²) in [7, 11) is 0. The first-order valence-electron chi connectivity index (χ1n) is 3.62. The summed E-state index contributed by atoms with van der Waals surface area (Å²) in [6, 6.07) is 2.08. The Labute approximate surface area is 60.8 Å². The van der Waals surface area contributed by atoms with E-state index in [4.69, 9.17) is 10.4 Å². The van der Waals surface area contributed by atoms with Gasteiger partial charge in [-0.05, 0) is 25.3 Å². The van der Waals surface area contributed by atoms with Crippen molar-refractivity contribution >= 4 is 0 Å². The molecule has 1 N–H and O–H groups in total. The predicted molar refractivity (Wildman–Crippen MR) is 38.2 cm³/mol. The third-order valence-electron chi connectivity index (χ3n) is 1.73. The Balaban J connectivity index is 2.61. The average Bonchev–Trinajstić information content (AvgIpc) is 2.13. The molecule has 0 aromatic heterocycles. The van der Waals surface area contributed by atoms with Crippen molar-refractivity contribution < 1.29 is 5.11 Å². The summed E-state index contributed by atoms with van der Waals surface area (Å²) in [5.41, 5.74) is 0.741. The molecule has 0 aromatic carbocycles. The minimum atomic E-state index is -0.378. The molecule has 2 nitrogen and oxygen atoms in total. The lowest BCUT2D eigenvalue weighted by Crippen LogP contribution is -1.99. The van der Waals surface area contributed by atoms with Gasteiger partial charge in [0.1, 0.15) is 0 Å². The average molecular weight is 137 g/mol. The van der Waals surface area contributed by atoms with Gasteiger partial charge >= 0.3 is 0 Å². The number of nitrogens with zero attached hydrogens (tertiary/aromatic N) is 1. The summed E-state index contributed by atoms with van der Waals surface area (Å²) in [5, 5.41) is 17.7. The Morgan fingerprint density at radius 3 is 3.10 bits per heavy atom. The SMILES string of the molecule is N#CC1=CC(O)CCCC1. The highest BCUT2D eigenvalue weighted by molar-refractivity contribution is 5.22. The Bertz CT molecular complexity index is 178. The molecule has 0 saturated heterocycles. The van der Waals surface area contributed by atoms with E-state index >= 15 is 0 Å². The lowest BCUT2D eigenvalue weighted by Gasteiger charge is -1.98. The van der Waals surface area contributed by atoms with Crippen LogP contribution in [0.25, 0.3) is 0 Å². The van der Waals surface area contributed by atoms with Crippen LogP contribution in [-0.4, -0.2) is 11.2 Å². The van der Waals surface area contributed by atoms with Crippen LogP contribution in [0.2, 0.25) is 0 Å². The molecule has 1 aliphatic rings. The first-order valence-corrected chi connectivity index (χ1v) is 3.62. The highest BCUT2D eigenvalue weighted by atomic mass is 16.3. The molecule has 1 rings (SSSR count). The largest absolute Gasteiger partial charge is 0.389 e. The Morgan fingerprint density at radius 1 is 1.60 bits per heavy atom. The molecule has 2 heteroatoms. The summed E-state index contributed by atoms with van der Waals surface area (Å²) in [6.45, 7) is 0. The maximum Gasteiger partial charge on any atom is 0.0944 e. The number of nitriles is 1.